The SMILES string of the molecule is [C-]#[N+]c1cc(-n2c3ccccc3c3cc(-n4c5ccccc5c5ccccc54)ccc32)ccc1-c1ccc(-n2c3ccccc3c3ccc(C#N)cc32)c([N+]#[C-])c1. The highest BCUT2D eigenvalue weighted by Crippen LogP contribution is 2.42. The fraction of sp³-hybridized carbons (Fsp3) is 0. The van der Waals surface area contributed by atoms with Crippen LogP contribution in [0.3, 0.4) is 0 Å². The normalized spacial score (nSPS) is 11.5. The minimum Gasteiger partial charge on any atom is -0.319 e. The third kappa shape index (κ3) is 4.68. The number of para-hydroxylation sites is 4. The number of fused-ring (bicyclic) bond motifs is 9. The van der Waals surface area contributed by atoms with Crippen LogP contribution >= 0.6 is 0 Å². The van der Waals surface area contributed by atoms with Crippen LogP contribution in [-0.4, -0.2) is 13.7 Å². The molecule has 0 fully saturated rings. The van der Waals surface area contributed by atoms with Crippen LogP contribution < -0.4 is 0 Å². The van der Waals surface area contributed by atoms with Crippen LogP contribution in [0.2, 0.25) is 0 Å². The fourth-order valence-corrected chi connectivity index (χ4v) is 8.84. The molecule has 262 valence electrons. The van der Waals surface area contributed by atoms with E-state index in [9.17, 15) is 5.26 Å². The molecule has 0 spiro atoms. The molecule has 0 N–H and O–H groups in total. The highest BCUT2D eigenvalue weighted by Gasteiger charge is 2.19. The molecule has 0 atom stereocenters. The lowest BCUT2D eigenvalue weighted by atomic mass is 10.0. The molecule has 0 radical (unpaired) electrons. The maximum atomic E-state index is 9.71. The zero-order valence-electron chi connectivity index (χ0n) is 30.3. The standard InChI is InChI=1S/C51H28N6/c1-53-43-30-35(21-24-36(43)33-20-25-50(44(28-33)54-2)57-48-18-10-5-13-39(48)41-23-19-32(31-52)27-51(41)57)56-47-17-9-6-14-40(47)42-29-34(22-26-49(42)56)55-45-15-7-3-11-37(45)38-12-4-8-16-46(38)55/h3-30H. The minimum atomic E-state index is 0.457. The molecule has 57 heavy (non-hydrogen) atoms. The lowest BCUT2D eigenvalue weighted by molar-refractivity contribution is 1.17. The van der Waals surface area contributed by atoms with Gasteiger partial charge in [0.25, 0.3) is 0 Å². The van der Waals surface area contributed by atoms with Crippen LogP contribution in [0.4, 0.5) is 11.4 Å². The Kier molecular flexibility index (Phi) is 6.95. The first-order chi connectivity index (χ1) is 28.1. The molecule has 0 aliphatic heterocycles. The quantitative estimate of drug-likeness (QED) is 0.167. The van der Waals surface area contributed by atoms with Gasteiger partial charge in [-0.2, -0.15) is 5.26 Å². The van der Waals surface area contributed by atoms with Crippen LogP contribution in [0.25, 0.3) is 103 Å². The van der Waals surface area contributed by atoms with E-state index in [-0.39, 0.29) is 0 Å². The van der Waals surface area contributed by atoms with E-state index in [0.29, 0.717) is 16.9 Å². The molecule has 0 bridgehead atoms. The molecular formula is C51H28N6. The first-order valence-corrected chi connectivity index (χ1v) is 18.6. The summed E-state index contributed by atoms with van der Waals surface area (Å²) in [5.41, 5.74) is 12.0. The number of aromatic nitrogens is 3. The van der Waals surface area contributed by atoms with E-state index < -0.39 is 0 Å². The van der Waals surface area contributed by atoms with Gasteiger partial charge in [0, 0.05) is 43.7 Å². The molecule has 0 aliphatic carbocycles. The van der Waals surface area contributed by atoms with Crippen LogP contribution in [0.1, 0.15) is 5.56 Å². The maximum Gasteiger partial charge on any atom is 0.211 e. The molecule has 0 unspecified atom stereocenters. The molecule has 8 aromatic carbocycles. The van der Waals surface area contributed by atoms with Crippen molar-refractivity contribution in [2.75, 3.05) is 0 Å². The molecular weight excluding hydrogens is 697 g/mol. The fourth-order valence-electron chi connectivity index (χ4n) is 8.84. The average molecular weight is 725 g/mol. The number of hydrogen-bond acceptors (Lipinski definition) is 1. The van der Waals surface area contributed by atoms with Crippen LogP contribution in [0.15, 0.2) is 170 Å². The first kappa shape index (κ1) is 32.1. The van der Waals surface area contributed by atoms with E-state index in [4.69, 9.17) is 13.1 Å². The molecule has 11 aromatic rings. The Balaban J connectivity index is 1.05. The predicted molar refractivity (Wildman–Crippen MR) is 232 cm³/mol. The highest BCUT2D eigenvalue weighted by molar-refractivity contribution is 6.13. The van der Waals surface area contributed by atoms with Crippen molar-refractivity contribution in [3.8, 4) is 34.3 Å². The first-order valence-electron chi connectivity index (χ1n) is 18.6. The summed E-state index contributed by atoms with van der Waals surface area (Å²) in [4.78, 5) is 8.02. The summed E-state index contributed by atoms with van der Waals surface area (Å²) in [5.74, 6) is 0. The molecule has 6 heteroatoms. The number of hydrogen-bond donors (Lipinski definition) is 0. The minimum absolute atomic E-state index is 0.457. The van der Waals surface area contributed by atoms with Gasteiger partial charge in [-0.25, -0.2) is 9.69 Å². The Morgan fingerprint density at radius 1 is 0.404 bits per heavy atom. The van der Waals surface area contributed by atoms with Crippen molar-refractivity contribution < 1.29 is 0 Å². The van der Waals surface area contributed by atoms with Crippen LogP contribution in [0.5, 0.6) is 0 Å². The van der Waals surface area contributed by atoms with Gasteiger partial charge in [0.15, 0.2) is 5.69 Å². The zero-order valence-corrected chi connectivity index (χ0v) is 30.3. The van der Waals surface area contributed by atoms with E-state index in [1.54, 1.807) is 0 Å². The monoisotopic (exact) mass is 724 g/mol. The molecule has 0 aliphatic rings. The van der Waals surface area contributed by atoms with Gasteiger partial charge in [0.1, 0.15) is 0 Å². The summed E-state index contributed by atoms with van der Waals surface area (Å²) < 4.78 is 6.65. The zero-order chi connectivity index (χ0) is 38.2. The van der Waals surface area contributed by atoms with Crippen LogP contribution in [0, 0.1) is 24.5 Å². The molecule has 0 amide bonds. The molecule has 3 heterocycles. The van der Waals surface area contributed by atoms with Crippen molar-refractivity contribution >= 4 is 76.8 Å². The molecule has 0 saturated carbocycles. The van der Waals surface area contributed by atoms with E-state index in [0.717, 1.165) is 82.8 Å². The topological polar surface area (TPSA) is 47.3 Å². The average Bonchev–Trinajstić information content (AvgIpc) is 3.91. The number of nitriles is 1. The van der Waals surface area contributed by atoms with Gasteiger partial charge >= 0.3 is 0 Å². The van der Waals surface area contributed by atoms with Crippen LogP contribution in [-0.2, 0) is 0 Å². The molecule has 3 aromatic heterocycles. The van der Waals surface area contributed by atoms with Crippen molar-refractivity contribution in [2.45, 2.75) is 0 Å². The van der Waals surface area contributed by atoms with E-state index >= 15 is 0 Å². The van der Waals surface area contributed by atoms with Gasteiger partial charge in [-0.1, -0.05) is 91.0 Å². The summed E-state index contributed by atoms with van der Waals surface area (Å²) in [5, 5.41) is 16.5. The van der Waals surface area contributed by atoms with Crippen molar-refractivity contribution in [1.82, 2.24) is 13.7 Å². The third-order valence-corrected chi connectivity index (χ3v) is 11.3. The Labute approximate surface area is 327 Å². The Morgan fingerprint density at radius 2 is 0.912 bits per heavy atom. The van der Waals surface area contributed by atoms with E-state index in [1.165, 1.54) is 10.8 Å². The van der Waals surface area contributed by atoms with Gasteiger partial charge in [0.2, 0.25) is 5.69 Å². The second-order valence-corrected chi connectivity index (χ2v) is 14.2. The van der Waals surface area contributed by atoms with Crippen molar-refractivity contribution in [3.63, 3.8) is 0 Å². The van der Waals surface area contributed by atoms with Gasteiger partial charge in [0.05, 0.1) is 63.6 Å². The van der Waals surface area contributed by atoms with E-state index in [2.05, 4.69) is 133 Å². The lowest BCUT2D eigenvalue weighted by Gasteiger charge is -2.14. The smallest absolute Gasteiger partial charge is 0.211 e. The molecule has 6 nitrogen and oxygen atoms in total. The summed E-state index contributed by atoms with van der Waals surface area (Å²) in [6.07, 6.45) is 0. The highest BCUT2D eigenvalue weighted by atomic mass is 15.0. The second kappa shape index (κ2) is 12.3. The van der Waals surface area contributed by atoms with Gasteiger partial charge < -0.3 is 13.7 Å². The number of nitrogens with zero attached hydrogens (tertiary/aromatic N) is 6. The number of benzene rings is 8. The largest absolute Gasteiger partial charge is 0.319 e. The summed E-state index contributed by atoms with van der Waals surface area (Å²) in [6.45, 7) is 16.6. The Morgan fingerprint density at radius 3 is 1.51 bits per heavy atom. The Bertz CT molecular complexity index is 3580. The summed E-state index contributed by atoms with van der Waals surface area (Å²) >= 11 is 0. The van der Waals surface area contributed by atoms with Crippen molar-refractivity contribution in [1.29, 1.82) is 5.26 Å². The van der Waals surface area contributed by atoms with Crippen molar-refractivity contribution in [3.05, 3.63) is 198 Å². The molecule has 0 saturated heterocycles. The Hall–Kier alpha value is -8.37. The maximum absolute atomic E-state index is 9.71. The predicted octanol–water partition coefficient (Wildman–Crippen LogP) is 13.6. The summed E-state index contributed by atoms with van der Waals surface area (Å²) in [6, 6.07) is 60.1. The van der Waals surface area contributed by atoms with Gasteiger partial charge in [-0.15, -0.1) is 0 Å². The van der Waals surface area contributed by atoms with Crippen molar-refractivity contribution in [2.24, 2.45) is 0 Å². The number of rotatable bonds is 4. The lowest BCUT2D eigenvalue weighted by Crippen LogP contribution is -1.96. The second-order valence-electron chi connectivity index (χ2n) is 14.2. The van der Waals surface area contributed by atoms with Gasteiger partial charge in [-0.3, -0.25) is 0 Å². The summed E-state index contributed by atoms with van der Waals surface area (Å²) in [7, 11) is 0. The molecule has 11 rings (SSSR count). The van der Waals surface area contributed by atoms with E-state index in [1.807, 2.05) is 66.7 Å². The van der Waals surface area contributed by atoms with Gasteiger partial charge in [-0.05, 0) is 90.0 Å². The third-order valence-electron chi connectivity index (χ3n) is 11.3.